The first-order valence-corrected chi connectivity index (χ1v) is 5.59. The summed E-state index contributed by atoms with van der Waals surface area (Å²) in [5.41, 5.74) is 0. The summed E-state index contributed by atoms with van der Waals surface area (Å²) < 4.78 is 0. The number of nitrogens with zero attached hydrogens (tertiary/aromatic N) is 2. The van der Waals surface area contributed by atoms with Crippen molar-refractivity contribution in [3.63, 3.8) is 0 Å². The number of fused-ring (bicyclic) bond motifs is 3. The molecule has 76 valence electrons. The summed E-state index contributed by atoms with van der Waals surface area (Å²) in [6, 6.07) is 2.34. The molecule has 0 spiro atoms. The molecule has 3 rings (SSSR count). The second-order valence-electron chi connectivity index (χ2n) is 5.18. The Hall–Kier alpha value is -0.0800. The summed E-state index contributed by atoms with van der Waals surface area (Å²) in [6.45, 7) is 13.3. The molecule has 0 aromatic carbocycles. The van der Waals surface area contributed by atoms with E-state index in [0.29, 0.717) is 0 Å². The lowest BCUT2D eigenvalue weighted by atomic mass is 9.91. The third-order valence-corrected chi connectivity index (χ3v) is 3.66. The van der Waals surface area contributed by atoms with Crippen LogP contribution in [0.1, 0.15) is 27.7 Å². The normalized spacial score (nSPS) is 50.1. The Morgan fingerprint density at radius 2 is 1.54 bits per heavy atom. The second kappa shape index (κ2) is 3.25. The third-order valence-electron chi connectivity index (χ3n) is 3.66. The van der Waals surface area contributed by atoms with Gasteiger partial charge in [-0.05, 0) is 19.8 Å². The van der Waals surface area contributed by atoms with Gasteiger partial charge in [0.1, 0.15) is 0 Å². The van der Waals surface area contributed by atoms with E-state index in [1.165, 1.54) is 19.6 Å². The quantitative estimate of drug-likeness (QED) is 0.605. The van der Waals surface area contributed by atoms with Crippen molar-refractivity contribution in [2.45, 2.75) is 45.8 Å². The smallest absolute Gasteiger partial charge is 0.0252 e. The number of hydrogen-bond donors (Lipinski definition) is 0. The lowest BCUT2D eigenvalue weighted by molar-refractivity contribution is -0.0766. The minimum Gasteiger partial charge on any atom is -0.299 e. The first-order chi connectivity index (χ1) is 6.09. The van der Waals surface area contributed by atoms with Crippen LogP contribution in [0.2, 0.25) is 0 Å². The molecule has 0 amide bonds. The summed E-state index contributed by atoms with van der Waals surface area (Å²) in [7, 11) is 0. The van der Waals surface area contributed by atoms with Crippen LogP contribution in [0.3, 0.4) is 0 Å². The van der Waals surface area contributed by atoms with E-state index >= 15 is 0 Å². The molecule has 3 heterocycles. The highest BCUT2D eigenvalue weighted by Gasteiger charge is 2.41. The van der Waals surface area contributed by atoms with Gasteiger partial charge < -0.3 is 0 Å². The van der Waals surface area contributed by atoms with E-state index in [1.807, 2.05) is 0 Å². The van der Waals surface area contributed by atoms with Crippen LogP contribution < -0.4 is 0 Å². The van der Waals surface area contributed by atoms with Gasteiger partial charge in [-0.25, -0.2) is 0 Å². The summed E-state index contributed by atoms with van der Waals surface area (Å²) in [5.74, 6) is 0.799. The zero-order valence-electron chi connectivity index (χ0n) is 9.33. The highest BCUT2D eigenvalue weighted by atomic mass is 15.4. The molecule has 3 saturated heterocycles. The summed E-state index contributed by atoms with van der Waals surface area (Å²) >= 11 is 0. The van der Waals surface area contributed by atoms with E-state index in [2.05, 4.69) is 37.5 Å². The molecule has 3 aliphatic rings. The topological polar surface area (TPSA) is 6.48 Å². The number of piperazine rings is 3. The van der Waals surface area contributed by atoms with Crippen LogP contribution in [0.15, 0.2) is 0 Å². The maximum absolute atomic E-state index is 2.74. The van der Waals surface area contributed by atoms with Crippen molar-refractivity contribution in [2.75, 3.05) is 19.6 Å². The van der Waals surface area contributed by atoms with Gasteiger partial charge >= 0.3 is 0 Å². The lowest BCUT2D eigenvalue weighted by Gasteiger charge is -2.56. The molecule has 2 nitrogen and oxygen atoms in total. The van der Waals surface area contributed by atoms with Gasteiger partial charge in [0.25, 0.3) is 0 Å². The van der Waals surface area contributed by atoms with Crippen molar-refractivity contribution >= 4 is 0 Å². The molecule has 0 aromatic rings. The Bertz CT molecular complexity index is 179. The van der Waals surface area contributed by atoms with Crippen molar-refractivity contribution in [3.8, 4) is 0 Å². The fourth-order valence-electron chi connectivity index (χ4n) is 3.16. The molecule has 0 radical (unpaired) electrons. The van der Waals surface area contributed by atoms with Crippen molar-refractivity contribution in [1.29, 1.82) is 0 Å². The third kappa shape index (κ3) is 1.50. The number of hydrogen-bond acceptors (Lipinski definition) is 2. The van der Waals surface area contributed by atoms with E-state index < -0.39 is 0 Å². The largest absolute Gasteiger partial charge is 0.299 e. The Kier molecular flexibility index (Phi) is 2.37. The molecule has 0 saturated carbocycles. The molecule has 2 heteroatoms. The highest BCUT2D eigenvalue weighted by Crippen LogP contribution is 2.29. The number of rotatable bonds is 1. The van der Waals surface area contributed by atoms with Crippen molar-refractivity contribution in [1.82, 2.24) is 9.80 Å². The molecule has 0 aromatic heterocycles. The molecule has 0 aliphatic carbocycles. The van der Waals surface area contributed by atoms with E-state index in [4.69, 9.17) is 0 Å². The highest BCUT2D eigenvalue weighted by molar-refractivity contribution is 4.97. The van der Waals surface area contributed by atoms with Gasteiger partial charge in [-0.3, -0.25) is 9.80 Å². The minimum atomic E-state index is 0.768. The van der Waals surface area contributed by atoms with Gasteiger partial charge in [0, 0.05) is 37.8 Å². The molecule has 0 N–H and O–H groups in total. The van der Waals surface area contributed by atoms with Crippen LogP contribution in [0, 0.1) is 5.92 Å². The predicted molar refractivity (Wildman–Crippen MR) is 55.8 cm³/mol. The Morgan fingerprint density at radius 1 is 1.00 bits per heavy atom. The van der Waals surface area contributed by atoms with Crippen LogP contribution in [-0.4, -0.2) is 47.6 Å². The van der Waals surface area contributed by atoms with E-state index in [9.17, 15) is 0 Å². The molecular formula is C11H22N2. The van der Waals surface area contributed by atoms with Gasteiger partial charge in [0.2, 0.25) is 0 Å². The fourth-order valence-corrected chi connectivity index (χ4v) is 3.16. The van der Waals surface area contributed by atoms with Gasteiger partial charge in [-0.2, -0.15) is 0 Å². The molecule has 2 bridgehead atoms. The van der Waals surface area contributed by atoms with Crippen LogP contribution in [0.25, 0.3) is 0 Å². The van der Waals surface area contributed by atoms with Crippen molar-refractivity contribution in [2.24, 2.45) is 5.92 Å². The van der Waals surface area contributed by atoms with Crippen LogP contribution >= 0.6 is 0 Å². The molecule has 3 atom stereocenters. The Balaban J connectivity index is 2.16. The van der Waals surface area contributed by atoms with Gasteiger partial charge in [0.05, 0.1) is 0 Å². The maximum Gasteiger partial charge on any atom is 0.0252 e. The molecular weight excluding hydrogens is 160 g/mol. The SMILES string of the molecule is CC(C)C1CN2CC(C)N1C(C)C2. The zero-order valence-corrected chi connectivity index (χ0v) is 9.33. The molecule has 3 fully saturated rings. The Morgan fingerprint density at radius 3 is 1.85 bits per heavy atom. The predicted octanol–water partition coefficient (Wildman–Crippen LogP) is 1.42. The van der Waals surface area contributed by atoms with Crippen LogP contribution in [-0.2, 0) is 0 Å². The lowest BCUT2D eigenvalue weighted by Crippen LogP contribution is -2.69. The van der Waals surface area contributed by atoms with E-state index in [1.54, 1.807) is 0 Å². The maximum atomic E-state index is 2.74. The van der Waals surface area contributed by atoms with Gasteiger partial charge in [0.15, 0.2) is 0 Å². The van der Waals surface area contributed by atoms with Gasteiger partial charge in [-0.1, -0.05) is 13.8 Å². The van der Waals surface area contributed by atoms with E-state index in [0.717, 1.165) is 24.0 Å². The van der Waals surface area contributed by atoms with Crippen LogP contribution in [0.4, 0.5) is 0 Å². The zero-order chi connectivity index (χ0) is 9.59. The second-order valence-corrected chi connectivity index (χ2v) is 5.18. The Labute approximate surface area is 81.9 Å². The standard InChI is InChI=1S/C11H22N2/c1-8(2)11-7-12-5-9(3)13(11)10(4)6-12/h8-11H,5-7H2,1-4H3. The fraction of sp³-hybridized carbons (Fsp3) is 1.00. The van der Waals surface area contributed by atoms with Crippen molar-refractivity contribution < 1.29 is 0 Å². The van der Waals surface area contributed by atoms with Crippen LogP contribution in [0.5, 0.6) is 0 Å². The minimum absolute atomic E-state index is 0.768. The monoisotopic (exact) mass is 182 g/mol. The average Bonchev–Trinajstić information content (AvgIpc) is 2.02. The first kappa shape index (κ1) is 9.47. The molecule has 3 aliphatic heterocycles. The molecule has 13 heavy (non-hydrogen) atoms. The summed E-state index contributed by atoms with van der Waals surface area (Å²) in [4.78, 5) is 5.38. The summed E-state index contributed by atoms with van der Waals surface area (Å²) in [5, 5.41) is 0. The van der Waals surface area contributed by atoms with Crippen molar-refractivity contribution in [3.05, 3.63) is 0 Å². The first-order valence-electron chi connectivity index (χ1n) is 5.59. The van der Waals surface area contributed by atoms with E-state index in [-0.39, 0.29) is 0 Å². The average molecular weight is 182 g/mol. The summed E-state index contributed by atoms with van der Waals surface area (Å²) in [6.07, 6.45) is 0. The molecule has 3 unspecified atom stereocenters. The van der Waals surface area contributed by atoms with Gasteiger partial charge in [-0.15, -0.1) is 0 Å².